The molecule has 2 aromatic rings. The number of hydrogen-bond acceptors (Lipinski definition) is 5. The molecule has 29 heavy (non-hydrogen) atoms. The second-order valence-corrected chi connectivity index (χ2v) is 6.87. The fourth-order valence-electron chi connectivity index (χ4n) is 3.62. The summed E-state index contributed by atoms with van der Waals surface area (Å²) in [7, 11) is 0. The fourth-order valence-corrected chi connectivity index (χ4v) is 3.62. The Kier molecular flexibility index (Phi) is 5.06. The Bertz CT molecular complexity index is 950. The number of benzene rings is 2. The molecule has 152 valence electrons. The molecule has 0 saturated carbocycles. The van der Waals surface area contributed by atoms with Crippen LogP contribution in [-0.4, -0.2) is 48.1 Å². The van der Waals surface area contributed by atoms with E-state index in [1.165, 1.54) is 18.2 Å². The van der Waals surface area contributed by atoms with Gasteiger partial charge in [0.1, 0.15) is 17.8 Å². The summed E-state index contributed by atoms with van der Waals surface area (Å²) in [5, 5.41) is 3.11. The highest BCUT2D eigenvalue weighted by Crippen LogP contribution is 2.32. The standard InChI is InChI=1S/C20H20F3N5O/c21-13-1-4-15(5-2-13)28-11-18(25-14-3-6-16(22)17(23)9-14)27-8-7-26(12-19(27)28)20(29)10-24/h1-6,9,11,19,25H,7-8,10,12,24H2. The van der Waals surface area contributed by atoms with Crippen molar-refractivity contribution in [1.29, 1.82) is 0 Å². The highest BCUT2D eigenvalue weighted by molar-refractivity contribution is 5.78. The lowest BCUT2D eigenvalue weighted by Gasteiger charge is -2.42. The quantitative estimate of drug-likeness (QED) is 0.820. The topological polar surface area (TPSA) is 64.8 Å². The molecule has 1 atom stereocenters. The van der Waals surface area contributed by atoms with Gasteiger partial charge in [-0.2, -0.15) is 0 Å². The third-order valence-corrected chi connectivity index (χ3v) is 5.09. The van der Waals surface area contributed by atoms with E-state index in [0.29, 0.717) is 31.1 Å². The highest BCUT2D eigenvalue weighted by Gasteiger charge is 2.38. The minimum atomic E-state index is -0.945. The van der Waals surface area contributed by atoms with Gasteiger partial charge in [-0.1, -0.05) is 0 Å². The lowest BCUT2D eigenvalue weighted by Crippen LogP contribution is -2.58. The molecule has 0 radical (unpaired) electrons. The number of nitrogens with zero attached hydrogens (tertiary/aromatic N) is 3. The zero-order chi connectivity index (χ0) is 20.5. The van der Waals surface area contributed by atoms with Gasteiger partial charge in [0.2, 0.25) is 5.91 Å². The van der Waals surface area contributed by atoms with Crippen LogP contribution in [0, 0.1) is 17.5 Å². The summed E-state index contributed by atoms with van der Waals surface area (Å²) >= 11 is 0. The van der Waals surface area contributed by atoms with E-state index in [-0.39, 0.29) is 24.4 Å². The molecule has 0 spiro atoms. The molecule has 1 unspecified atom stereocenters. The van der Waals surface area contributed by atoms with Crippen LogP contribution in [0.5, 0.6) is 0 Å². The van der Waals surface area contributed by atoms with E-state index < -0.39 is 11.6 Å². The first-order chi connectivity index (χ1) is 14.0. The number of nitrogens with two attached hydrogens (primary N) is 1. The summed E-state index contributed by atoms with van der Waals surface area (Å²) in [5.41, 5.74) is 6.65. The summed E-state index contributed by atoms with van der Waals surface area (Å²) in [6.45, 7) is 1.33. The predicted octanol–water partition coefficient (Wildman–Crippen LogP) is 2.26. The van der Waals surface area contributed by atoms with Crippen molar-refractivity contribution in [1.82, 2.24) is 9.80 Å². The fraction of sp³-hybridized carbons (Fsp3) is 0.250. The van der Waals surface area contributed by atoms with Crippen molar-refractivity contribution in [2.45, 2.75) is 6.17 Å². The third-order valence-electron chi connectivity index (χ3n) is 5.09. The van der Waals surface area contributed by atoms with E-state index in [2.05, 4.69) is 5.32 Å². The van der Waals surface area contributed by atoms with E-state index in [1.54, 1.807) is 17.0 Å². The Balaban J connectivity index is 1.64. The van der Waals surface area contributed by atoms with Crippen molar-refractivity contribution in [2.75, 3.05) is 36.4 Å². The molecule has 2 heterocycles. The molecule has 1 amide bonds. The minimum absolute atomic E-state index is 0.0728. The highest BCUT2D eigenvalue weighted by atomic mass is 19.2. The molecule has 4 rings (SSSR count). The Hall–Kier alpha value is -3.20. The van der Waals surface area contributed by atoms with Crippen LogP contribution in [0.2, 0.25) is 0 Å². The van der Waals surface area contributed by atoms with Gasteiger partial charge in [-0.25, -0.2) is 13.2 Å². The zero-order valence-electron chi connectivity index (χ0n) is 15.5. The van der Waals surface area contributed by atoms with Crippen LogP contribution in [0.3, 0.4) is 0 Å². The van der Waals surface area contributed by atoms with Crippen LogP contribution in [-0.2, 0) is 4.79 Å². The number of carbonyl (C=O) groups excluding carboxylic acids is 1. The van der Waals surface area contributed by atoms with Crippen molar-refractivity contribution >= 4 is 17.3 Å². The lowest BCUT2D eigenvalue weighted by molar-refractivity contribution is -0.132. The SMILES string of the molecule is NCC(=O)N1CCN2C(Nc3ccc(F)c(F)c3)=CN(c3ccc(F)cc3)C2C1. The molecule has 6 nitrogen and oxygen atoms in total. The normalized spacial score (nSPS) is 18.6. The second kappa shape index (κ2) is 7.67. The maximum Gasteiger partial charge on any atom is 0.236 e. The smallest absolute Gasteiger partial charge is 0.236 e. The van der Waals surface area contributed by atoms with Crippen molar-refractivity contribution in [3.05, 3.63) is 71.9 Å². The van der Waals surface area contributed by atoms with Gasteiger partial charge < -0.3 is 25.8 Å². The molecule has 3 N–H and O–H groups in total. The zero-order valence-corrected chi connectivity index (χ0v) is 15.5. The maximum atomic E-state index is 13.6. The van der Waals surface area contributed by atoms with E-state index >= 15 is 0 Å². The van der Waals surface area contributed by atoms with Crippen LogP contribution in [0.4, 0.5) is 24.5 Å². The van der Waals surface area contributed by atoms with E-state index in [4.69, 9.17) is 5.73 Å². The van der Waals surface area contributed by atoms with Crippen LogP contribution in [0.15, 0.2) is 54.5 Å². The van der Waals surface area contributed by atoms with Crippen molar-refractivity contribution in [3.63, 3.8) is 0 Å². The van der Waals surface area contributed by atoms with Gasteiger partial charge in [0.25, 0.3) is 0 Å². The molecule has 0 bridgehead atoms. The van der Waals surface area contributed by atoms with Crippen LogP contribution < -0.4 is 16.0 Å². The molecule has 0 aliphatic carbocycles. The summed E-state index contributed by atoms with van der Waals surface area (Å²) in [6, 6.07) is 9.60. The van der Waals surface area contributed by atoms with Crippen molar-refractivity contribution in [3.8, 4) is 0 Å². The van der Waals surface area contributed by atoms with Gasteiger partial charge in [-0.15, -0.1) is 0 Å². The van der Waals surface area contributed by atoms with Gasteiger partial charge in [-0.3, -0.25) is 4.79 Å². The van der Waals surface area contributed by atoms with E-state index in [9.17, 15) is 18.0 Å². The number of nitrogens with one attached hydrogen (secondary N) is 1. The van der Waals surface area contributed by atoms with Gasteiger partial charge >= 0.3 is 0 Å². The maximum absolute atomic E-state index is 13.6. The van der Waals surface area contributed by atoms with Gasteiger partial charge in [0.15, 0.2) is 11.6 Å². The minimum Gasteiger partial charge on any atom is -0.341 e. The average molecular weight is 403 g/mol. The number of hydrogen-bond donors (Lipinski definition) is 2. The monoisotopic (exact) mass is 403 g/mol. The van der Waals surface area contributed by atoms with Crippen LogP contribution in [0.1, 0.15) is 0 Å². The largest absolute Gasteiger partial charge is 0.341 e. The first-order valence-corrected chi connectivity index (χ1v) is 9.18. The Morgan fingerprint density at radius 2 is 1.83 bits per heavy atom. The predicted molar refractivity (Wildman–Crippen MR) is 103 cm³/mol. The molecule has 9 heteroatoms. The van der Waals surface area contributed by atoms with Gasteiger partial charge in [0, 0.05) is 36.7 Å². The molecule has 1 fully saturated rings. The summed E-state index contributed by atoms with van der Waals surface area (Å²) in [6.07, 6.45) is 1.58. The Labute approximate surface area is 166 Å². The van der Waals surface area contributed by atoms with Crippen molar-refractivity contribution in [2.24, 2.45) is 5.73 Å². The van der Waals surface area contributed by atoms with Crippen molar-refractivity contribution < 1.29 is 18.0 Å². The Morgan fingerprint density at radius 3 is 2.52 bits per heavy atom. The molecular formula is C20H20F3N5O. The average Bonchev–Trinajstić information content (AvgIpc) is 3.08. The number of carbonyl (C=O) groups is 1. The number of anilines is 2. The number of rotatable bonds is 4. The van der Waals surface area contributed by atoms with E-state index in [1.807, 2.05) is 16.0 Å². The van der Waals surface area contributed by atoms with Gasteiger partial charge in [-0.05, 0) is 36.4 Å². The number of fused-ring (bicyclic) bond motifs is 1. The first kappa shape index (κ1) is 19.1. The summed E-state index contributed by atoms with van der Waals surface area (Å²) in [4.78, 5) is 17.7. The Morgan fingerprint density at radius 1 is 1.07 bits per heavy atom. The van der Waals surface area contributed by atoms with E-state index in [0.717, 1.165) is 17.8 Å². The molecule has 2 aromatic carbocycles. The third kappa shape index (κ3) is 3.73. The number of halogens is 3. The van der Waals surface area contributed by atoms with Crippen LogP contribution in [0.25, 0.3) is 0 Å². The first-order valence-electron chi connectivity index (χ1n) is 9.18. The molecule has 1 saturated heterocycles. The molecule has 0 aromatic heterocycles. The summed E-state index contributed by atoms with van der Waals surface area (Å²) in [5.74, 6) is -1.69. The lowest BCUT2D eigenvalue weighted by atomic mass is 10.2. The van der Waals surface area contributed by atoms with Crippen LogP contribution >= 0.6 is 0 Å². The number of piperazine rings is 1. The van der Waals surface area contributed by atoms with Gasteiger partial charge in [0.05, 0.1) is 13.1 Å². The summed E-state index contributed by atoms with van der Waals surface area (Å²) < 4.78 is 40.2. The second-order valence-electron chi connectivity index (χ2n) is 6.87. The molecule has 2 aliphatic heterocycles. The molecule has 2 aliphatic rings. The molecular weight excluding hydrogens is 383 g/mol. The number of amides is 1.